The zero-order chi connectivity index (χ0) is 23.3. The Hall–Kier alpha value is -2.29. The van der Waals surface area contributed by atoms with E-state index in [-0.39, 0.29) is 16.5 Å². The number of aryl methyl sites for hydroxylation is 1. The summed E-state index contributed by atoms with van der Waals surface area (Å²) < 4.78 is 25.5. The number of anilines is 2. The molecule has 1 atom stereocenters. The molecule has 3 N–H and O–H groups in total. The standard InChI is InChI=1S/C21H25Cl2N3O4S/c1-12(2)9-19(25-20(27)16-8-6-14(22)10-17(16)23)21(28)24-15-7-5-13(3)18(11-15)26-31(4,29)30/h5-8,10-12,19,26H,9H2,1-4H3,(H,24,28)(H,25,27). The van der Waals surface area contributed by atoms with Crippen LogP contribution in [0.2, 0.25) is 10.0 Å². The first-order valence-electron chi connectivity index (χ1n) is 9.51. The quantitative estimate of drug-likeness (QED) is 0.513. The van der Waals surface area contributed by atoms with Gasteiger partial charge in [0, 0.05) is 10.7 Å². The maximum Gasteiger partial charge on any atom is 0.253 e. The van der Waals surface area contributed by atoms with Gasteiger partial charge in [0.2, 0.25) is 15.9 Å². The number of halogens is 2. The molecule has 0 heterocycles. The van der Waals surface area contributed by atoms with Crippen LogP contribution in [0.25, 0.3) is 0 Å². The maximum atomic E-state index is 12.9. The number of carbonyl (C=O) groups excluding carboxylic acids is 2. The van der Waals surface area contributed by atoms with Crippen molar-refractivity contribution in [3.63, 3.8) is 0 Å². The van der Waals surface area contributed by atoms with E-state index in [9.17, 15) is 18.0 Å². The Balaban J connectivity index is 2.21. The summed E-state index contributed by atoms with van der Waals surface area (Å²) in [5.41, 5.74) is 1.67. The van der Waals surface area contributed by atoms with E-state index in [0.29, 0.717) is 28.4 Å². The van der Waals surface area contributed by atoms with Crippen molar-refractivity contribution in [1.29, 1.82) is 0 Å². The molecular weight excluding hydrogens is 461 g/mol. The molecule has 0 saturated carbocycles. The molecular formula is C21H25Cl2N3O4S. The summed E-state index contributed by atoms with van der Waals surface area (Å²) in [6.07, 6.45) is 1.44. The van der Waals surface area contributed by atoms with Crippen molar-refractivity contribution in [2.45, 2.75) is 33.2 Å². The third-order valence-electron chi connectivity index (χ3n) is 4.31. The van der Waals surface area contributed by atoms with E-state index in [1.165, 1.54) is 18.2 Å². The highest BCUT2D eigenvalue weighted by molar-refractivity contribution is 7.92. The lowest BCUT2D eigenvalue weighted by molar-refractivity contribution is -0.118. The number of rotatable bonds is 8. The number of amides is 2. The van der Waals surface area contributed by atoms with Crippen molar-refractivity contribution < 1.29 is 18.0 Å². The Kier molecular flexibility index (Phi) is 8.34. The number of hydrogen-bond acceptors (Lipinski definition) is 4. The first-order chi connectivity index (χ1) is 14.4. The van der Waals surface area contributed by atoms with Gasteiger partial charge in [-0.25, -0.2) is 8.42 Å². The molecule has 7 nitrogen and oxygen atoms in total. The van der Waals surface area contributed by atoms with Gasteiger partial charge in [-0.15, -0.1) is 0 Å². The van der Waals surface area contributed by atoms with Gasteiger partial charge in [-0.1, -0.05) is 43.1 Å². The SMILES string of the molecule is Cc1ccc(NC(=O)C(CC(C)C)NC(=O)c2ccc(Cl)cc2Cl)cc1NS(C)(=O)=O. The highest BCUT2D eigenvalue weighted by Crippen LogP contribution is 2.23. The second-order valence-corrected chi connectivity index (χ2v) is 10.3. The Morgan fingerprint density at radius 2 is 1.74 bits per heavy atom. The molecule has 31 heavy (non-hydrogen) atoms. The molecule has 168 valence electrons. The Bertz CT molecular complexity index is 1090. The van der Waals surface area contributed by atoms with Crippen LogP contribution >= 0.6 is 23.2 Å². The van der Waals surface area contributed by atoms with E-state index in [1.807, 2.05) is 13.8 Å². The summed E-state index contributed by atoms with van der Waals surface area (Å²) >= 11 is 12.0. The third-order valence-corrected chi connectivity index (χ3v) is 5.44. The molecule has 1 unspecified atom stereocenters. The van der Waals surface area contributed by atoms with E-state index in [1.54, 1.807) is 25.1 Å². The minimum Gasteiger partial charge on any atom is -0.340 e. The Morgan fingerprint density at radius 1 is 1.06 bits per heavy atom. The molecule has 2 aromatic rings. The summed E-state index contributed by atoms with van der Waals surface area (Å²) in [5, 5.41) is 6.04. The van der Waals surface area contributed by atoms with Crippen molar-refractivity contribution in [3.05, 3.63) is 57.6 Å². The van der Waals surface area contributed by atoms with Crippen molar-refractivity contribution in [2.75, 3.05) is 16.3 Å². The lowest BCUT2D eigenvalue weighted by Crippen LogP contribution is -2.44. The molecule has 2 amide bonds. The molecule has 2 rings (SSSR count). The summed E-state index contributed by atoms with van der Waals surface area (Å²) in [6.45, 7) is 5.61. The normalized spacial score (nSPS) is 12.4. The predicted octanol–water partition coefficient (Wildman–Crippen LogP) is 4.46. The molecule has 2 aromatic carbocycles. The highest BCUT2D eigenvalue weighted by atomic mass is 35.5. The monoisotopic (exact) mass is 485 g/mol. The van der Waals surface area contributed by atoms with Crippen molar-refractivity contribution in [2.24, 2.45) is 5.92 Å². The van der Waals surface area contributed by atoms with Crippen LogP contribution in [-0.4, -0.2) is 32.5 Å². The zero-order valence-electron chi connectivity index (χ0n) is 17.6. The topological polar surface area (TPSA) is 104 Å². The van der Waals surface area contributed by atoms with Gasteiger partial charge in [-0.3, -0.25) is 14.3 Å². The van der Waals surface area contributed by atoms with Gasteiger partial charge >= 0.3 is 0 Å². The van der Waals surface area contributed by atoms with Crippen LogP contribution in [0.4, 0.5) is 11.4 Å². The molecule has 0 aliphatic heterocycles. The summed E-state index contributed by atoms with van der Waals surface area (Å²) in [5.74, 6) is -0.802. The maximum absolute atomic E-state index is 12.9. The third kappa shape index (κ3) is 7.72. The number of sulfonamides is 1. The van der Waals surface area contributed by atoms with Crippen LogP contribution in [0.15, 0.2) is 36.4 Å². The van der Waals surface area contributed by atoms with Gasteiger partial charge in [0.15, 0.2) is 0 Å². The van der Waals surface area contributed by atoms with Gasteiger partial charge < -0.3 is 10.6 Å². The summed E-state index contributed by atoms with van der Waals surface area (Å²) in [4.78, 5) is 25.6. The smallest absolute Gasteiger partial charge is 0.253 e. The molecule has 0 aliphatic carbocycles. The van der Waals surface area contributed by atoms with Crippen LogP contribution < -0.4 is 15.4 Å². The average Bonchev–Trinajstić information content (AvgIpc) is 2.62. The van der Waals surface area contributed by atoms with Gasteiger partial charge in [-0.05, 0) is 55.2 Å². The summed E-state index contributed by atoms with van der Waals surface area (Å²) in [7, 11) is -3.47. The lowest BCUT2D eigenvalue weighted by atomic mass is 10.0. The van der Waals surface area contributed by atoms with E-state index < -0.39 is 27.9 Å². The van der Waals surface area contributed by atoms with E-state index in [0.717, 1.165) is 6.26 Å². The average molecular weight is 486 g/mol. The van der Waals surface area contributed by atoms with Gasteiger partial charge in [0.1, 0.15) is 6.04 Å². The van der Waals surface area contributed by atoms with Crippen LogP contribution in [0.5, 0.6) is 0 Å². The lowest BCUT2D eigenvalue weighted by Gasteiger charge is -2.21. The molecule has 0 fully saturated rings. The fourth-order valence-electron chi connectivity index (χ4n) is 2.85. The van der Waals surface area contributed by atoms with Crippen LogP contribution in [-0.2, 0) is 14.8 Å². The van der Waals surface area contributed by atoms with Crippen LogP contribution in [0, 0.1) is 12.8 Å². The summed E-state index contributed by atoms with van der Waals surface area (Å²) in [6, 6.07) is 8.54. The van der Waals surface area contributed by atoms with Crippen molar-refractivity contribution >= 4 is 56.4 Å². The second-order valence-electron chi connectivity index (χ2n) is 7.67. The minimum atomic E-state index is -3.47. The van der Waals surface area contributed by atoms with Gasteiger partial charge in [0.25, 0.3) is 5.91 Å². The number of carbonyl (C=O) groups is 2. The van der Waals surface area contributed by atoms with Crippen molar-refractivity contribution in [1.82, 2.24) is 5.32 Å². The molecule has 0 saturated heterocycles. The van der Waals surface area contributed by atoms with E-state index in [2.05, 4.69) is 15.4 Å². The minimum absolute atomic E-state index is 0.122. The van der Waals surface area contributed by atoms with E-state index in [4.69, 9.17) is 23.2 Å². The molecule has 0 aromatic heterocycles. The van der Waals surface area contributed by atoms with Crippen LogP contribution in [0.3, 0.4) is 0 Å². The fraction of sp³-hybridized carbons (Fsp3) is 0.333. The Morgan fingerprint density at radius 3 is 2.32 bits per heavy atom. The van der Waals surface area contributed by atoms with Gasteiger partial charge in [0.05, 0.1) is 22.5 Å². The predicted molar refractivity (Wildman–Crippen MR) is 125 cm³/mol. The number of hydrogen-bond donors (Lipinski definition) is 3. The van der Waals surface area contributed by atoms with E-state index >= 15 is 0 Å². The number of nitrogens with one attached hydrogen (secondary N) is 3. The number of benzene rings is 2. The molecule has 0 radical (unpaired) electrons. The first kappa shape index (κ1) is 25.0. The highest BCUT2D eigenvalue weighted by Gasteiger charge is 2.24. The molecule has 10 heteroatoms. The Labute approximate surface area is 192 Å². The van der Waals surface area contributed by atoms with Crippen molar-refractivity contribution in [3.8, 4) is 0 Å². The zero-order valence-corrected chi connectivity index (χ0v) is 20.0. The molecule has 0 bridgehead atoms. The molecule has 0 aliphatic rings. The first-order valence-corrected chi connectivity index (χ1v) is 12.2. The van der Waals surface area contributed by atoms with Gasteiger partial charge in [-0.2, -0.15) is 0 Å². The second kappa shape index (κ2) is 10.3. The largest absolute Gasteiger partial charge is 0.340 e. The van der Waals surface area contributed by atoms with Crippen LogP contribution in [0.1, 0.15) is 36.2 Å². The molecule has 0 spiro atoms. The fourth-order valence-corrected chi connectivity index (χ4v) is 3.97.